The summed E-state index contributed by atoms with van der Waals surface area (Å²) >= 11 is 5.65. The fourth-order valence-corrected chi connectivity index (χ4v) is 2.51. The number of halogens is 4. The fourth-order valence-electron chi connectivity index (χ4n) is 2.35. The molecule has 0 amide bonds. The lowest BCUT2D eigenvalue weighted by Crippen LogP contribution is -2.19. The van der Waals surface area contributed by atoms with Gasteiger partial charge in [0.25, 0.3) is 0 Å². The second-order valence-corrected chi connectivity index (χ2v) is 5.33. The Hall–Kier alpha value is -2.80. The van der Waals surface area contributed by atoms with E-state index < -0.39 is 34.4 Å². The van der Waals surface area contributed by atoms with E-state index in [1.807, 2.05) is 0 Å². The predicted molar refractivity (Wildman–Crippen MR) is 81.4 cm³/mol. The van der Waals surface area contributed by atoms with Gasteiger partial charge in [-0.1, -0.05) is 11.6 Å². The first-order valence-electron chi connectivity index (χ1n) is 6.52. The van der Waals surface area contributed by atoms with Crippen molar-refractivity contribution in [3.8, 4) is 5.69 Å². The van der Waals surface area contributed by atoms with Gasteiger partial charge in [-0.25, -0.2) is 18.0 Å². The van der Waals surface area contributed by atoms with E-state index in [1.54, 1.807) is 0 Å². The van der Waals surface area contributed by atoms with Gasteiger partial charge in [-0.3, -0.25) is 4.79 Å². The molecule has 4 nitrogen and oxygen atoms in total. The van der Waals surface area contributed by atoms with Gasteiger partial charge in [-0.05, 0) is 18.2 Å². The molecule has 0 fully saturated rings. The topological polar surface area (TPSA) is 59.3 Å². The molecule has 8 heteroatoms. The SMILES string of the molecule is O=C(O)c1cn(-c2ccc(F)cc2F)c2cc(F)c(Cl)cc2c1=O. The van der Waals surface area contributed by atoms with Crippen molar-refractivity contribution in [3.63, 3.8) is 0 Å². The molecule has 0 saturated carbocycles. The van der Waals surface area contributed by atoms with E-state index in [4.69, 9.17) is 16.7 Å². The second-order valence-electron chi connectivity index (χ2n) is 4.93. The van der Waals surface area contributed by atoms with E-state index in [0.29, 0.717) is 6.07 Å². The largest absolute Gasteiger partial charge is 0.477 e. The molecule has 122 valence electrons. The lowest BCUT2D eigenvalue weighted by molar-refractivity contribution is 0.0695. The Morgan fingerprint density at radius 2 is 1.79 bits per heavy atom. The molecule has 1 N–H and O–H groups in total. The zero-order valence-corrected chi connectivity index (χ0v) is 12.4. The van der Waals surface area contributed by atoms with E-state index in [2.05, 4.69) is 0 Å². The van der Waals surface area contributed by atoms with E-state index in [0.717, 1.165) is 35.0 Å². The molecule has 1 aromatic heterocycles. The van der Waals surface area contributed by atoms with Crippen LogP contribution >= 0.6 is 11.6 Å². The van der Waals surface area contributed by atoms with Crippen molar-refractivity contribution in [2.24, 2.45) is 0 Å². The van der Waals surface area contributed by atoms with E-state index in [9.17, 15) is 22.8 Å². The highest BCUT2D eigenvalue weighted by Gasteiger charge is 2.18. The van der Waals surface area contributed by atoms with E-state index in [1.165, 1.54) is 0 Å². The second kappa shape index (κ2) is 5.68. The third-order valence-corrected chi connectivity index (χ3v) is 3.73. The summed E-state index contributed by atoms with van der Waals surface area (Å²) in [6.07, 6.45) is 0.858. The third-order valence-electron chi connectivity index (χ3n) is 3.45. The standard InChI is InChI=1S/C16H7ClF3NO3/c17-10-4-8-14(5-11(10)19)21(6-9(15(8)22)16(23)24)13-2-1-7(18)3-12(13)20/h1-6H,(H,23,24). The number of carboxylic acids is 1. The lowest BCUT2D eigenvalue weighted by atomic mass is 10.1. The molecule has 3 rings (SSSR count). The van der Waals surface area contributed by atoms with E-state index in [-0.39, 0.29) is 21.6 Å². The first-order chi connectivity index (χ1) is 11.3. The normalized spacial score (nSPS) is 11.0. The number of carbonyl (C=O) groups is 1. The van der Waals surface area contributed by atoms with Crippen molar-refractivity contribution in [3.05, 3.63) is 74.8 Å². The number of nitrogens with zero attached hydrogens (tertiary/aromatic N) is 1. The van der Waals surface area contributed by atoms with Crippen molar-refractivity contribution in [1.29, 1.82) is 0 Å². The molecule has 0 bridgehead atoms. The number of pyridine rings is 1. The summed E-state index contributed by atoms with van der Waals surface area (Å²) in [5, 5.41) is 8.57. The van der Waals surface area contributed by atoms with Gasteiger partial charge in [0.2, 0.25) is 5.43 Å². The van der Waals surface area contributed by atoms with Crippen LogP contribution in [0.5, 0.6) is 0 Å². The maximum Gasteiger partial charge on any atom is 0.341 e. The first kappa shape index (κ1) is 16.1. The van der Waals surface area contributed by atoms with Crippen LogP contribution in [-0.4, -0.2) is 15.6 Å². The van der Waals surface area contributed by atoms with Crippen LogP contribution in [0.3, 0.4) is 0 Å². The van der Waals surface area contributed by atoms with Crippen LogP contribution in [0.2, 0.25) is 5.02 Å². The van der Waals surface area contributed by atoms with Crippen LogP contribution in [0.1, 0.15) is 10.4 Å². The summed E-state index contributed by atoms with van der Waals surface area (Å²) in [7, 11) is 0. The van der Waals surface area contributed by atoms with E-state index >= 15 is 0 Å². The van der Waals surface area contributed by atoms with Crippen molar-refractivity contribution < 1.29 is 23.1 Å². The monoisotopic (exact) mass is 353 g/mol. The number of aromatic carboxylic acids is 1. The number of hydrogen-bond donors (Lipinski definition) is 1. The maximum absolute atomic E-state index is 14.1. The Morgan fingerprint density at radius 3 is 2.42 bits per heavy atom. The predicted octanol–water partition coefficient (Wildman–Crippen LogP) is 3.76. The van der Waals surface area contributed by atoms with Gasteiger partial charge < -0.3 is 9.67 Å². The lowest BCUT2D eigenvalue weighted by Gasteiger charge is -2.14. The summed E-state index contributed by atoms with van der Waals surface area (Å²) in [5.74, 6) is -4.26. The van der Waals surface area contributed by atoms with Crippen LogP contribution in [-0.2, 0) is 0 Å². The van der Waals surface area contributed by atoms with Crippen LogP contribution in [0.25, 0.3) is 16.6 Å². The fraction of sp³-hybridized carbons (Fsp3) is 0. The van der Waals surface area contributed by atoms with Gasteiger partial charge in [0.15, 0.2) is 0 Å². The molecular weight excluding hydrogens is 347 g/mol. The molecule has 0 atom stereocenters. The minimum absolute atomic E-state index is 0.0996. The number of hydrogen-bond acceptors (Lipinski definition) is 2. The Labute approximate surface area is 137 Å². The Bertz CT molecular complexity index is 1060. The van der Waals surface area contributed by atoms with Crippen molar-refractivity contribution in [1.82, 2.24) is 4.57 Å². The molecule has 0 radical (unpaired) electrons. The molecule has 0 saturated heterocycles. The molecule has 24 heavy (non-hydrogen) atoms. The van der Waals surface area contributed by atoms with Gasteiger partial charge in [0.05, 0.1) is 16.2 Å². The number of benzene rings is 2. The number of carboxylic acid groups (broad SMARTS) is 1. The number of fused-ring (bicyclic) bond motifs is 1. The number of aromatic nitrogens is 1. The molecule has 0 unspecified atom stereocenters. The van der Waals surface area contributed by atoms with Gasteiger partial charge in [0.1, 0.15) is 23.0 Å². The molecule has 3 aromatic rings. The quantitative estimate of drug-likeness (QED) is 0.763. The molecule has 0 aliphatic rings. The maximum atomic E-state index is 14.1. The minimum Gasteiger partial charge on any atom is -0.477 e. The molecule has 0 spiro atoms. The van der Waals surface area contributed by atoms with Gasteiger partial charge >= 0.3 is 5.97 Å². The number of rotatable bonds is 2. The minimum atomic E-state index is -1.54. The molecule has 0 aliphatic carbocycles. The summed E-state index contributed by atoms with van der Waals surface area (Å²) in [6.45, 7) is 0. The van der Waals surface area contributed by atoms with Crippen LogP contribution < -0.4 is 5.43 Å². The Morgan fingerprint density at radius 1 is 1.08 bits per heavy atom. The van der Waals surface area contributed by atoms with Crippen molar-refractivity contribution in [2.45, 2.75) is 0 Å². The van der Waals surface area contributed by atoms with Gasteiger partial charge in [-0.2, -0.15) is 0 Å². The highest BCUT2D eigenvalue weighted by molar-refractivity contribution is 6.31. The van der Waals surface area contributed by atoms with Gasteiger partial charge in [-0.15, -0.1) is 0 Å². The molecule has 2 aromatic carbocycles. The molecule has 0 aliphatic heterocycles. The van der Waals surface area contributed by atoms with Crippen LogP contribution in [0.15, 0.2) is 41.3 Å². The Kier molecular flexibility index (Phi) is 3.81. The average molecular weight is 354 g/mol. The molecular formula is C16H7ClF3NO3. The summed E-state index contributed by atoms with van der Waals surface area (Å²) in [5.41, 5.74) is -1.89. The van der Waals surface area contributed by atoms with Crippen LogP contribution in [0, 0.1) is 17.5 Å². The van der Waals surface area contributed by atoms with Gasteiger partial charge in [0, 0.05) is 23.7 Å². The summed E-state index contributed by atoms with van der Waals surface area (Å²) in [6, 6.07) is 4.44. The summed E-state index contributed by atoms with van der Waals surface area (Å²) < 4.78 is 41.9. The highest BCUT2D eigenvalue weighted by atomic mass is 35.5. The Balaban J connectivity index is 2.50. The smallest absolute Gasteiger partial charge is 0.341 e. The highest BCUT2D eigenvalue weighted by Crippen LogP contribution is 2.25. The zero-order chi connectivity index (χ0) is 17.6. The zero-order valence-electron chi connectivity index (χ0n) is 11.7. The van der Waals surface area contributed by atoms with Crippen molar-refractivity contribution >= 4 is 28.5 Å². The van der Waals surface area contributed by atoms with Crippen LogP contribution in [0.4, 0.5) is 13.2 Å². The third kappa shape index (κ3) is 2.52. The summed E-state index contributed by atoms with van der Waals surface area (Å²) in [4.78, 5) is 23.5. The first-order valence-corrected chi connectivity index (χ1v) is 6.90. The van der Waals surface area contributed by atoms with Crippen molar-refractivity contribution in [2.75, 3.05) is 0 Å². The molecule has 1 heterocycles. The average Bonchev–Trinajstić information content (AvgIpc) is 2.50.